The van der Waals surface area contributed by atoms with Crippen molar-refractivity contribution in [3.05, 3.63) is 101 Å². The van der Waals surface area contributed by atoms with Crippen molar-refractivity contribution in [1.82, 2.24) is 10.5 Å². The third kappa shape index (κ3) is 7.06. The molecule has 2 bridgehead atoms. The summed E-state index contributed by atoms with van der Waals surface area (Å²) < 4.78 is 105. The lowest BCUT2D eigenvalue weighted by molar-refractivity contribution is -0.140. The molecule has 3 aromatic carbocycles. The van der Waals surface area contributed by atoms with Gasteiger partial charge in [-0.15, -0.1) is 0 Å². The number of carbonyl (C=O) groups excluding carboxylic acids is 2. The first-order valence-corrected chi connectivity index (χ1v) is 17.1. The van der Waals surface area contributed by atoms with E-state index in [9.17, 15) is 35.6 Å². The molecule has 2 aliphatic carbocycles. The third-order valence-corrected chi connectivity index (χ3v) is 9.45. The Bertz CT molecular complexity index is 2100. The van der Waals surface area contributed by atoms with Gasteiger partial charge in [-0.05, 0) is 72.9 Å². The van der Waals surface area contributed by atoms with Gasteiger partial charge in [0.15, 0.2) is 0 Å². The molecule has 2 aliphatic rings. The number of hydrogen-bond donors (Lipinski definition) is 3. The van der Waals surface area contributed by atoms with Gasteiger partial charge in [-0.1, -0.05) is 22.9 Å². The summed E-state index contributed by atoms with van der Waals surface area (Å²) in [6.45, 7) is 0. The van der Waals surface area contributed by atoms with Crippen LogP contribution in [0, 0.1) is 29.4 Å². The number of alkyl halides is 3. The van der Waals surface area contributed by atoms with Crippen LogP contribution in [0.5, 0.6) is 5.75 Å². The summed E-state index contributed by atoms with van der Waals surface area (Å²) in [7, 11) is -2.34. The van der Waals surface area contributed by atoms with Crippen molar-refractivity contribution in [2.45, 2.75) is 25.1 Å². The number of sulfonamides is 1. The highest BCUT2D eigenvalue weighted by atomic mass is 32.2. The van der Waals surface area contributed by atoms with Crippen LogP contribution < -0.4 is 20.1 Å². The molecule has 2 saturated carbocycles. The summed E-state index contributed by atoms with van der Waals surface area (Å²) in [5.74, 6) is -5.17. The molecule has 0 spiro atoms. The van der Waals surface area contributed by atoms with Crippen LogP contribution in [0.1, 0.15) is 34.3 Å². The molecule has 3 N–H and O–H groups in total. The number of ether oxygens (including phenoxy) is 1. The molecule has 1 aromatic heterocycles. The first-order valence-electron chi connectivity index (χ1n) is 15.2. The second-order valence-electron chi connectivity index (χ2n) is 12.1. The van der Waals surface area contributed by atoms with Gasteiger partial charge in [-0.2, -0.15) is 13.2 Å². The summed E-state index contributed by atoms with van der Waals surface area (Å²) in [5.41, 5.74) is -0.107. The Labute approximate surface area is 282 Å². The van der Waals surface area contributed by atoms with E-state index in [2.05, 4.69) is 20.5 Å². The van der Waals surface area contributed by atoms with E-state index in [1.807, 2.05) is 0 Å². The number of hydrogen-bond acceptors (Lipinski definition) is 7. The Balaban J connectivity index is 1.34. The average Bonchev–Trinajstić information content (AvgIpc) is 3.78. The highest BCUT2D eigenvalue weighted by Gasteiger charge is 2.54. The molecular formula is C34H29F5N4O6S. The third-order valence-electron chi connectivity index (χ3n) is 8.85. The lowest BCUT2D eigenvalue weighted by atomic mass is 9.83. The number of halogens is 5. The zero-order chi connectivity index (χ0) is 36.0. The van der Waals surface area contributed by atoms with Gasteiger partial charge in [0.05, 0.1) is 36.6 Å². The maximum absolute atomic E-state index is 15.0. The fourth-order valence-corrected chi connectivity index (χ4v) is 7.38. The number of aromatic nitrogens is 1. The number of carbonyl (C=O) groups is 2. The van der Waals surface area contributed by atoms with Crippen molar-refractivity contribution in [2.24, 2.45) is 17.8 Å². The number of nitrogens with one attached hydrogen (secondary N) is 3. The number of rotatable bonds is 9. The van der Waals surface area contributed by atoms with Crippen LogP contribution in [0.15, 0.2) is 77.2 Å². The Kier molecular flexibility index (Phi) is 9.15. The molecule has 2 amide bonds. The highest BCUT2D eigenvalue weighted by molar-refractivity contribution is 7.92. The van der Waals surface area contributed by atoms with Crippen LogP contribution in [0.4, 0.5) is 33.3 Å². The zero-order valence-corrected chi connectivity index (χ0v) is 27.2. The molecule has 10 nitrogen and oxygen atoms in total. The standard InChI is InChI=1S/C34H29F5N4O6S/c1-48-29-10-3-18(23-13-20(5-8-27(23)35)43-50(2,46)47)12-25(29)32(44)42-31-22-7-6-21(24(22)11-17-15-40-49-16-17)30(31)33(45)41-19-4-9-28(36)26(14-19)34(37,38)39/h3-5,8-16,21-22,30-31,43H,6-7H2,1-2H3,(H,41,45)(H,42,44)/b24-11-/t21?,22?,30-,31+/m0/s1. The second kappa shape index (κ2) is 13.2. The summed E-state index contributed by atoms with van der Waals surface area (Å²) in [4.78, 5) is 27.8. The van der Waals surface area contributed by atoms with E-state index in [0.29, 0.717) is 30.5 Å². The SMILES string of the molecule is COc1ccc(-c2cc(NS(C)(=O)=O)ccc2F)cc1C(=O)N[C@@H]1C2CCC(/C2=C/c2cnoc2)[C@@H]1C(=O)Nc1ccc(F)c(C(F)(F)F)c1. The molecular weight excluding hydrogens is 687 g/mol. The van der Waals surface area contributed by atoms with Gasteiger partial charge in [-0.25, -0.2) is 17.2 Å². The van der Waals surface area contributed by atoms with Gasteiger partial charge in [-0.3, -0.25) is 14.3 Å². The second-order valence-corrected chi connectivity index (χ2v) is 13.8. The summed E-state index contributed by atoms with van der Waals surface area (Å²) in [6.07, 6.45) is 1.74. The fraction of sp³-hybridized carbons (Fsp3) is 0.265. The maximum Gasteiger partial charge on any atom is 0.419 e. The molecule has 4 atom stereocenters. The largest absolute Gasteiger partial charge is 0.496 e. The van der Waals surface area contributed by atoms with Gasteiger partial charge >= 0.3 is 6.18 Å². The molecule has 4 aromatic rings. The van der Waals surface area contributed by atoms with Gasteiger partial charge < -0.3 is 19.9 Å². The maximum atomic E-state index is 15.0. The van der Waals surface area contributed by atoms with E-state index >= 15 is 4.39 Å². The molecule has 50 heavy (non-hydrogen) atoms. The van der Waals surface area contributed by atoms with E-state index in [1.165, 1.54) is 49.9 Å². The average molecular weight is 717 g/mol. The number of methoxy groups -OCH3 is 1. The van der Waals surface area contributed by atoms with Crippen molar-refractivity contribution in [1.29, 1.82) is 0 Å². The number of fused-ring (bicyclic) bond motifs is 2. The minimum Gasteiger partial charge on any atom is -0.496 e. The monoisotopic (exact) mass is 716 g/mol. The number of benzene rings is 3. The normalized spacial score (nSPS) is 20.9. The molecule has 262 valence electrons. The van der Waals surface area contributed by atoms with Crippen LogP contribution in [0.25, 0.3) is 17.2 Å². The molecule has 6 rings (SSSR count). The Morgan fingerprint density at radius 2 is 1.70 bits per heavy atom. The number of amides is 2. The lowest BCUT2D eigenvalue weighted by Gasteiger charge is -2.30. The Morgan fingerprint density at radius 1 is 0.980 bits per heavy atom. The van der Waals surface area contributed by atoms with E-state index in [4.69, 9.17) is 9.26 Å². The molecule has 0 saturated heterocycles. The van der Waals surface area contributed by atoms with Gasteiger partial charge in [0.2, 0.25) is 15.9 Å². The summed E-state index contributed by atoms with van der Waals surface area (Å²) >= 11 is 0. The van der Waals surface area contributed by atoms with Crippen LogP contribution >= 0.6 is 0 Å². The molecule has 2 fully saturated rings. The molecule has 0 aliphatic heterocycles. The van der Waals surface area contributed by atoms with Gasteiger partial charge in [0.1, 0.15) is 23.6 Å². The van der Waals surface area contributed by atoms with Crippen molar-refractivity contribution in [2.75, 3.05) is 23.4 Å². The van der Waals surface area contributed by atoms with Crippen molar-refractivity contribution < 1.29 is 49.2 Å². The lowest BCUT2D eigenvalue weighted by Crippen LogP contribution is -2.48. The number of anilines is 2. The predicted octanol–water partition coefficient (Wildman–Crippen LogP) is 6.50. The fourth-order valence-electron chi connectivity index (χ4n) is 6.82. The predicted molar refractivity (Wildman–Crippen MR) is 172 cm³/mol. The van der Waals surface area contributed by atoms with E-state index in [-0.39, 0.29) is 39.7 Å². The van der Waals surface area contributed by atoms with Crippen LogP contribution in [-0.2, 0) is 21.0 Å². The summed E-state index contributed by atoms with van der Waals surface area (Å²) in [5, 5.41) is 9.11. The first kappa shape index (κ1) is 34.6. The highest BCUT2D eigenvalue weighted by Crippen LogP contribution is 2.53. The van der Waals surface area contributed by atoms with Crippen molar-refractivity contribution >= 4 is 39.3 Å². The molecule has 1 heterocycles. The molecule has 0 radical (unpaired) electrons. The van der Waals surface area contributed by atoms with E-state index in [0.717, 1.165) is 24.0 Å². The van der Waals surface area contributed by atoms with Gasteiger partial charge in [0.25, 0.3) is 5.91 Å². The molecule has 16 heteroatoms. The van der Waals surface area contributed by atoms with Crippen LogP contribution in [0.2, 0.25) is 0 Å². The van der Waals surface area contributed by atoms with Crippen molar-refractivity contribution in [3.63, 3.8) is 0 Å². The van der Waals surface area contributed by atoms with Gasteiger partial charge in [0, 0.05) is 34.5 Å². The minimum absolute atomic E-state index is 0.0102. The van der Waals surface area contributed by atoms with Crippen molar-refractivity contribution in [3.8, 4) is 16.9 Å². The first-order chi connectivity index (χ1) is 23.6. The Morgan fingerprint density at radius 3 is 2.38 bits per heavy atom. The Hall–Kier alpha value is -5.25. The van der Waals surface area contributed by atoms with Crippen LogP contribution in [-0.4, -0.2) is 44.8 Å². The van der Waals surface area contributed by atoms with E-state index in [1.54, 1.807) is 6.08 Å². The summed E-state index contributed by atoms with van der Waals surface area (Å²) in [6, 6.07) is 9.20. The quantitative estimate of drug-likeness (QED) is 0.168. The smallest absolute Gasteiger partial charge is 0.419 e. The molecule has 2 unspecified atom stereocenters. The van der Waals surface area contributed by atoms with E-state index < -0.39 is 63.1 Å². The number of nitrogens with zero attached hydrogens (tertiary/aromatic N) is 1. The van der Waals surface area contributed by atoms with Crippen LogP contribution in [0.3, 0.4) is 0 Å². The zero-order valence-electron chi connectivity index (χ0n) is 26.3. The topological polar surface area (TPSA) is 140 Å². The minimum atomic E-state index is -5.00.